The van der Waals surface area contributed by atoms with Crippen LogP contribution >= 0.6 is 0 Å². The molecule has 5 heteroatoms. The molecule has 0 atom stereocenters. The van der Waals surface area contributed by atoms with E-state index in [9.17, 15) is 0 Å². The largest absolute Gasteiger partial charge is 0.456 e. The van der Waals surface area contributed by atoms with E-state index in [1.54, 1.807) is 0 Å². The van der Waals surface area contributed by atoms with E-state index in [1.807, 2.05) is 36.4 Å². The Morgan fingerprint density at radius 3 is 2.00 bits per heavy atom. The molecule has 46 heavy (non-hydrogen) atoms. The summed E-state index contributed by atoms with van der Waals surface area (Å²) in [4.78, 5) is 15.9. The second-order valence-electron chi connectivity index (χ2n) is 11.6. The van der Waals surface area contributed by atoms with Gasteiger partial charge in [0.15, 0.2) is 11.5 Å². The third-order valence-electron chi connectivity index (χ3n) is 9.00. The van der Waals surface area contributed by atoms with Crippen LogP contribution in [0, 0.1) is 0 Å². The first-order valence-corrected chi connectivity index (χ1v) is 15.4. The minimum atomic E-state index is 0.629. The molecule has 10 rings (SSSR count). The molecule has 0 N–H and O–H groups in total. The van der Waals surface area contributed by atoms with E-state index in [0.29, 0.717) is 5.82 Å². The quantitative estimate of drug-likeness (QED) is 0.193. The van der Waals surface area contributed by atoms with E-state index in [1.165, 1.54) is 5.39 Å². The number of benzene rings is 6. The summed E-state index contributed by atoms with van der Waals surface area (Å²) in [7, 11) is 0. The highest BCUT2D eigenvalue weighted by Gasteiger charge is 2.22. The zero-order chi connectivity index (χ0) is 30.2. The van der Waals surface area contributed by atoms with Gasteiger partial charge in [-0.1, -0.05) is 121 Å². The van der Waals surface area contributed by atoms with Crippen LogP contribution in [-0.4, -0.2) is 19.4 Å². The molecule has 6 aromatic carbocycles. The lowest BCUT2D eigenvalue weighted by molar-refractivity contribution is 0.669. The number of rotatable bonds is 3. The van der Waals surface area contributed by atoms with Gasteiger partial charge in [0.2, 0.25) is 0 Å². The number of hydrogen-bond acceptors (Lipinski definition) is 4. The second kappa shape index (κ2) is 9.58. The van der Waals surface area contributed by atoms with Gasteiger partial charge in [0.25, 0.3) is 0 Å². The molecule has 5 nitrogen and oxygen atoms in total. The van der Waals surface area contributed by atoms with Crippen LogP contribution < -0.4 is 0 Å². The minimum absolute atomic E-state index is 0.629. The summed E-state index contributed by atoms with van der Waals surface area (Å²) in [6.07, 6.45) is 0. The summed E-state index contributed by atoms with van der Waals surface area (Å²) < 4.78 is 8.60. The molecule has 0 fully saturated rings. The van der Waals surface area contributed by atoms with Crippen molar-refractivity contribution in [3.63, 3.8) is 0 Å². The summed E-state index contributed by atoms with van der Waals surface area (Å²) in [5, 5.41) is 5.43. The van der Waals surface area contributed by atoms with Crippen molar-refractivity contribution in [3.05, 3.63) is 146 Å². The highest BCUT2D eigenvalue weighted by Crippen LogP contribution is 2.40. The molecule has 10 aromatic rings. The number of nitrogens with zero attached hydrogens (tertiary/aromatic N) is 4. The standard InChI is InChI=1S/C41H24N4O/c1-3-12-25(13-4-1)27-22-23-34-32(24-27)36-31(19-11-21-35(36)46-34)39-42-37(26-14-5-2-6-15-26)38-41(44-39)45-33-20-10-9-17-29(33)28-16-7-8-18-30(28)40(45)43-38/h1-24H. The van der Waals surface area contributed by atoms with Gasteiger partial charge in [0.1, 0.15) is 28.0 Å². The minimum Gasteiger partial charge on any atom is -0.456 e. The van der Waals surface area contributed by atoms with Crippen LogP contribution in [0.3, 0.4) is 0 Å². The molecular formula is C41H24N4O. The normalized spacial score (nSPS) is 11.9. The summed E-state index contributed by atoms with van der Waals surface area (Å²) in [5.74, 6) is 0.629. The molecule has 0 spiro atoms. The van der Waals surface area contributed by atoms with Crippen molar-refractivity contribution in [2.24, 2.45) is 0 Å². The fraction of sp³-hybridized carbons (Fsp3) is 0. The molecule has 0 amide bonds. The molecule has 0 saturated heterocycles. The van der Waals surface area contributed by atoms with E-state index in [-0.39, 0.29) is 0 Å². The summed E-state index contributed by atoms with van der Waals surface area (Å²) in [5.41, 5.74) is 10.1. The van der Waals surface area contributed by atoms with Crippen molar-refractivity contribution in [1.29, 1.82) is 0 Å². The highest BCUT2D eigenvalue weighted by atomic mass is 16.3. The Bertz CT molecular complexity index is 2800. The molecule has 0 bridgehead atoms. The van der Waals surface area contributed by atoms with Crippen LogP contribution in [0.15, 0.2) is 150 Å². The number of aromatic nitrogens is 4. The average Bonchev–Trinajstić information content (AvgIpc) is 3.71. The maximum atomic E-state index is 6.40. The first-order chi connectivity index (χ1) is 22.8. The zero-order valence-electron chi connectivity index (χ0n) is 24.6. The van der Waals surface area contributed by atoms with E-state index >= 15 is 0 Å². The first-order valence-electron chi connectivity index (χ1n) is 15.4. The third kappa shape index (κ3) is 3.60. The fourth-order valence-corrected chi connectivity index (χ4v) is 6.92. The van der Waals surface area contributed by atoms with Crippen LogP contribution in [0.2, 0.25) is 0 Å². The Balaban J connectivity index is 1.34. The lowest BCUT2D eigenvalue weighted by atomic mass is 10.0. The molecule has 0 aliphatic carbocycles. The molecular weight excluding hydrogens is 564 g/mol. The van der Waals surface area contributed by atoms with Crippen LogP contribution in [0.5, 0.6) is 0 Å². The molecule has 0 aliphatic heterocycles. The average molecular weight is 589 g/mol. The fourth-order valence-electron chi connectivity index (χ4n) is 6.92. The van der Waals surface area contributed by atoms with Gasteiger partial charge in [0.05, 0.1) is 5.52 Å². The summed E-state index contributed by atoms with van der Waals surface area (Å²) in [6, 6.07) is 50.2. The van der Waals surface area contributed by atoms with Crippen molar-refractivity contribution >= 4 is 60.4 Å². The van der Waals surface area contributed by atoms with Gasteiger partial charge in [-0.25, -0.2) is 15.0 Å². The molecule has 0 aliphatic rings. The number of pyridine rings is 1. The van der Waals surface area contributed by atoms with Crippen LogP contribution in [0.4, 0.5) is 0 Å². The van der Waals surface area contributed by atoms with E-state index < -0.39 is 0 Å². The molecule has 0 unspecified atom stereocenters. The second-order valence-corrected chi connectivity index (χ2v) is 11.6. The molecule has 214 valence electrons. The Labute approximate surface area is 263 Å². The van der Waals surface area contributed by atoms with Crippen molar-refractivity contribution in [3.8, 4) is 33.8 Å². The Morgan fingerprint density at radius 1 is 0.457 bits per heavy atom. The number of furan rings is 1. The number of imidazole rings is 1. The van der Waals surface area contributed by atoms with Crippen molar-refractivity contribution in [2.75, 3.05) is 0 Å². The molecule has 4 heterocycles. The monoisotopic (exact) mass is 588 g/mol. The van der Waals surface area contributed by atoms with E-state index in [2.05, 4.69) is 114 Å². The number of hydrogen-bond donors (Lipinski definition) is 0. The lowest BCUT2D eigenvalue weighted by Gasteiger charge is -2.10. The Morgan fingerprint density at radius 2 is 1.17 bits per heavy atom. The van der Waals surface area contributed by atoms with Gasteiger partial charge in [-0.3, -0.25) is 4.40 Å². The SMILES string of the molecule is c1ccc(-c2ccc3oc4cccc(-c5nc(-c6ccccc6)c6nc7c8ccccc8c8ccccc8n7c6n5)c4c3c2)cc1. The summed E-state index contributed by atoms with van der Waals surface area (Å²) >= 11 is 0. The Hall–Kier alpha value is -6.33. The summed E-state index contributed by atoms with van der Waals surface area (Å²) in [6.45, 7) is 0. The third-order valence-corrected chi connectivity index (χ3v) is 9.00. The van der Waals surface area contributed by atoms with Gasteiger partial charge >= 0.3 is 0 Å². The Kier molecular flexibility index (Phi) is 5.22. The van der Waals surface area contributed by atoms with Gasteiger partial charge < -0.3 is 4.42 Å². The number of para-hydroxylation sites is 1. The van der Waals surface area contributed by atoms with Crippen molar-refractivity contribution < 1.29 is 4.42 Å². The lowest BCUT2D eigenvalue weighted by Crippen LogP contribution is -1.97. The predicted octanol–water partition coefficient (Wildman–Crippen LogP) is 10.5. The maximum absolute atomic E-state index is 6.40. The molecule has 0 saturated carbocycles. The van der Waals surface area contributed by atoms with Gasteiger partial charge in [-0.05, 0) is 40.8 Å². The highest BCUT2D eigenvalue weighted by molar-refractivity contribution is 6.15. The van der Waals surface area contributed by atoms with E-state index in [0.717, 1.165) is 83.0 Å². The number of fused-ring (bicyclic) bond motifs is 11. The van der Waals surface area contributed by atoms with Gasteiger partial charge in [0, 0.05) is 32.7 Å². The zero-order valence-corrected chi connectivity index (χ0v) is 24.6. The van der Waals surface area contributed by atoms with Crippen LogP contribution in [0.25, 0.3) is 94.2 Å². The van der Waals surface area contributed by atoms with Gasteiger partial charge in [-0.2, -0.15) is 0 Å². The predicted molar refractivity (Wildman–Crippen MR) is 187 cm³/mol. The van der Waals surface area contributed by atoms with Crippen molar-refractivity contribution in [1.82, 2.24) is 19.4 Å². The van der Waals surface area contributed by atoms with Crippen LogP contribution in [0.1, 0.15) is 0 Å². The van der Waals surface area contributed by atoms with Gasteiger partial charge in [-0.15, -0.1) is 0 Å². The van der Waals surface area contributed by atoms with Crippen molar-refractivity contribution in [2.45, 2.75) is 0 Å². The molecule has 0 radical (unpaired) electrons. The first kappa shape index (κ1) is 25.0. The topological polar surface area (TPSA) is 56.2 Å². The van der Waals surface area contributed by atoms with Crippen LogP contribution in [-0.2, 0) is 0 Å². The molecule has 4 aromatic heterocycles. The maximum Gasteiger partial charge on any atom is 0.169 e. The smallest absolute Gasteiger partial charge is 0.169 e. The van der Waals surface area contributed by atoms with E-state index in [4.69, 9.17) is 19.4 Å².